The number of piperidine rings is 1. The first-order valence-corrected chi connectivity index (χ1v) is 6.20. The molecular weight excluding hydrogens is 242 g/mol. The Kier molecular flexibility index (Phi) is 3.68. The van der Waals surface area contributed by atoms with Crippen LogP contribution in [0.3, 0.4) is 0 Å². The van der Waals surface area contributed by atoms with Crippen LogP contribution in [0.25, 0.3) is 0 Å². The van der Waals surface area contributed by atoms with E-state index in [9.17, 15) is 9.59 Å². The van der Waals surface area contributed by atoms with E-state index in [1.807, 2.05) is 0 Å². The van der Waals surface area contributed by atoms with Gasteiger partial charge in [-0.15, -0.1) is 5.10 Å². The molecule has 0 N–H and O–H groups in total. The molecule has 17 heavy (non-hydrogen) atoms. The molecular formula is C10H13N3O3S. The number of likely N-dealkylation sites (tertiary alicyclic amines) is 1. The first-order valence-electron chi connectivity index (χ1n) is 5.36. The number of methoxy groups -OCH3 is 1. The first kappa shape index (κ1) is 12.0. The van der Waals surface area contributed by atoms with E-state index >= 15 is 0 Å². The van der Waals surface area contributed by atoms with Gasteiger partial charge in [-0.2, -0.15) is 0 Å². The topological polar surface area (TPSA) is 72.4 Å². The number of carbonyl (C=O) groups is 2. The molecule has 7 heteroatoms. The summed E-state index contributed by atoms with van der Waals surface area (Å²) in [6.45, 7) is 1.13. The smallest absolute Gasteiger partial charge is 0.308 e. The van der Waals surface area contributed by atoms with Gasteiger partial charge in [0.1, 0.15) is 0 Å². The van der Waals surface area contributed by atoms with Crippen molar-refractivity contribution in [3.63, 3.8) is 0 Å². The van der Waals surface area contributed by atoms with Crippen molar-refractivity contribution in [2.75, 3.05) is 20.2 Å². The summed E-state index contributed by atoms with van der Waals surface area (Å²) in [7, 11) is 1.39. The Labute approximate surface area is 103 Å². The second kappa shape index (κ2) is 5.22. The van der Waals surface area contributed by atoms with Gasteiger partial charge < -0.3 is 9.64 Å². The van der Waals surface area contributed by atoms with Gasteiger partial charge in [-0.25, -0.2) is 0 Å². The SMILES string of the molecule is COC(=O)C1CCN(C(=O)c2csnn2)CC1. The second-order valence-corrected chi connectivity index (χ2v) is 4.49. The van der Waals surface area contributed by atoms with Gasteiger partial charge in [0, 0.05) is 18.5 Å². The quantitative estimate of drug-likeness (QED) is 0.722. The van der Waals surface area contributed by atoms with Crippen LogP contribution in [0.4, 0.5) is 0 Å². The van der Waals surface area contributed by atoms with Crippen LogP contribution in [-0.4, -0.2) is 46.6 Å². The van der Waals surface area contributed by atoms with Gasteiger partial charge in [0.25, 0.3) is 5.91 Å². The number of nitrogens with zero attached hydrogens (tertiary/aromatic N) is 3. The van der Waals surface area contributed by atoms with E-state index in [-0.39, 0.29) is 17.8 Å². The van der Waals surface area contributed by atoms with Crippen molar-refractivity contribution in [3.8, 4) is 0 Å². The predicted octanol–water partition coefficient (Wildman–Crippen LogP) is 0.563. The summed E-state index contributed by atoms with van der Waals surface area (Å²) in [4.78, 5) is 25.0. The maximum Gasteiger partial charge on any atom is 0.308 e. The summed E-state index contributed by atoms with van der Waals surface area (Å²) in [5.74, 6) is -0.382. The van der Waals surface area contributed by atoms with Crippen molar-refractivity contribution in [2.45, 2.75) is 12.8 Å². The summed E-state index contributed by atoms with van der Waals surface area (Å²) in [5.41, 5.74) is 0.381. The molecule has 1 aliphatic heterocycles. The Morgan fingerprint density at radius 1 is 1.47 bits per heavy atom. The van der Waals surface area contributed by atoms with Crippen molar-refractivity contribution in [1.29, 1.82) is 0 Å². The zero-order chi connectivity index (χ0) is 12.3. The van der Waals surface area contributed by atoms with E-state index in [0.29, 0.717) is 31.6 Å². The molecule has 2 heterocycles. The van der Waals surface area contributed by atoms with Gasteiger partial charge in [-0.3, -0.25) is 9.59 Å². The minimum Gasteiger partial charge on any atom is -0.469 e. The van der Waals surface area contributed by atoms with Crippen molar-refractivity contribution in [3.05, 3.63) is 11.1 Å². The molecule has 1 saturated heterocycles. The Hall–Kier alpha value is -1.50. The third-order valence-corrected chi connectivity index (χ3v) is 3.40. The zero-order valence-electron chi connectivity index (χ0n) is 9.46. The molecule has 0 radical (unpaired) electrons. The van der Waals surface area contributed by atoms with E-state index in [4.69, 9.17) is 4.74 Å². The zero-order valence-corrected chi connectivity index (χ0v) is 10.3. The lowest BCUT2D eigenvalue weighted by Crippen LogP contribution is -2.40. The minimum absolute atomic E-state index is 0.0855. The highest BCUT2D eigenvalue weighted by molar-refractivity contribution is 7.03. The maximum atomic E-state index is 11.9. The predicted molar refractivity (Wildman–Crippen MR) is 60.6 cm³/mol. The highest BCUT2D eigenvalue weighted by atomic mass is 32.1. The van der Waals surface area contributed by atoms with Crippen LogP contribution in [0.2, 0.25) is 0 Å². The third kappa shape index (κ3) is 2.60. The van der Waals surface area contributed by atoms with Gasteiger partial charge in [-0.1, -0.05) is 4.49 Å². The lowest BCUT2D eigenvalue weighted by Gasteiger charge is -2.30. The first-order chi connectivity index (χ1) is 8.22. The number of ether oxygens (including phenoxy) is 1. The summed E-state index contributed by atoms with van der Waals surface area (Å²) < 4.78 is 8.36. The van der Waals surface area contributed by atoms with Crippen LogP contribution in [0.15, 0.2) is 5.38 Å². The average Bonchev–Trinajstić information content (AvgIpc) is 2.91. The molecule has 1 aromatic rings. The maximum absolute atomic E-state index is 11.9. The van der Waals surface area contributed by atoms with Crippen molar-refractivity contribution in [2.24, 2.45) is 5.92 Å². The number of hydrogen-bond acceptors (Lipinski definition) is 6. The fraction of sp³-hybridized carbons (Fsp3) is 0.600. The molecule has 0 bridgehead atoms. The Balaban J connectivity index is 1.91. The molecule has 2 rings (SSSR count). The molecule has 1 amide bonds. The lowest BCUT2D eigenvalue weighted by atomic mass is 9.97. The molecule has 1 aliphatic rings. The van der Waals surface area contributed by atoms with Gasteiger partial charge >= 0.3 is 5.97 Å². The summed E-state index contributed by atoms with van der Waals surface area (Å²) in [6.07, 6.45) is 1.30. The average molecular weight is 255 g/mol. The highest BCUT2D eigenvalue weighted by Crippen LogP contribution is 2.19. The number of aromatic nitrogens is 2. The van der Waals surface area contributed by atoms with Crippen LogP contribution in [-0.2, 0) is 9.53 Å². The monoisotopic (exact) mass is 255 g/mol. The number of carbonyl (C=O) groups excluding carboxylic acids is 2. The van der Waals surface area contributed by atoms with E-state index in [0.717, 1.165) is 11.5 Å². The van der Waals surface area contributed by atoms with E-state index in [2.05, 4.69) is 9.59 Å². The van der Waals surface area contributed by atoms with Crippen LogP contribution < -0.4 is 0 Å². The van der Waals surface area contributed by atoms with Crippen molar-refractivity contribution >= 4 is 23.4 Å². The number of amides is 1. The van der Waals surface area contributed by atoms with Crippen LogP contribution in [0.5, 0.6) is 0 Å². The largest absolute Gasteiger partial charge is 0.469 e. The molecule has 1 fully saturated rings. The highest BCUT2D eigenvalue weighted by Gasteiger charge is 2.28. The Morgan fingerprint density at radius 3 is 2.71 bits per heavy atom. The molecule has 0 aromatic carbocycles. The molecule has 1 aromatic heterocycles. The number of hydrogen-bond donors (Lipinski definition) is 0. The van der Waals surface area contributed by atoms with E-state index in [1.165, 1.54) is 7.11 Å². The molecule has 6 nitrogen and oxygen atoms in total. The van der Waals surface area contributed by atoms with Crippen LogP contribution in [0, 0.1) is 5.92 Å². The van der Waals surface area contributed by atoms with Gasteiger partial charge in [0.15, 0.2) is 5.69 Å². The van der Waals surface area contributed by atoms with E-state index in [1.54, 1.807) is 10.3 Å². The van der Waals surface area contributed by atoms with E-state index < -0.39 is 0 Å². The number of rotatable bonds is 2. The minimum atomic E-state index is -0.188. The van der Waals surface area contributed by atoms with Crippen molar-refractivity contribution in [1.82, 2.24) is 14.5 Å². The molecule has 0 aliphatic carbocycles. The summed E-state index contributed by atoms with van der Waals surface area (Å²) in [5, 5.41) is 5.38. The fourth-order valence-corrected chi connectivity index (χ4v) is 2.33. The second-order valence-electron chi connectivity index (χ2n) is 3.88. The van der Waals surface area contributed by atoms with Gasteiger partial charge in [-0.05, 0) is 24.4 Å². The van der Waals surface area contributed by atoms with Crippen molar-refractivity contribution < 1.29 is 14.3 Å². The van der Waals surface area contributed by atoms with Gasteiger partial charge in [0.2, 0.25) is 0 Å². The molecule has 92 valence electrons. The van der Waals surface area contributed by atoms with Crippen LogP contribution >= 0.6 is 11.5 Å². The number of esters is 1. The van der Waals surface area contributed by atoms with Crippen LogP contribution in [0.1, 0.15) is 23.3 Å². The Morgan fingerprint density at radius 2 is 2.18 bits per heavy atom. The summed E-state index contributed by atoms with van der Waals surface area (Å²) in [6, 6.07) is 0. The molecule has 0 unspecified atom stereocenters. The standard InChI is InChI=1S/C10H13N3O3S/c1-16-10(15)7-2-4-13(5-3-7)9(14)8-6-17-12-11-8/h6-7H,2-5H2,1H3. The Bertz CT molecular complexity index is 399. The third-order valence-electron chi connectivity index (χ3n) is 2.90. The fourth-order valence-electron chi connectivity index (χ4n) is 1.90. The normalized spacial score (nSPS) is 16.9. The molecule has 0 saturated carbocycles. The summed E-state index contributed by atoms with van der Waals surface area (Å²) >= 11 is 1.16. The molecule has 0 spiro atoms. The lowest BCUT2D eigenvalue weighted by molar-refractivity contribution is -0.146. The van der Waals surface area contributed by atoms with Gasteiger partial charge in [0.05, 0.1) is 13.0 Å². The molecule has 0 atom stereocenters.